The first-order valence-corrected chi connectivity index (χ1v) is 4.99. The van der Waals surface area contributed by atoms with Crippen molar-refractivity contribution in [3.05, 3.63) is 16.5 Å². The van der Waals surface area contributed by atoms with Gasteiger partial charge in [0.05, 0.1) is 0 Å². The molecule has 0 aromatic carbocycles. The molecule has 0 unspecified atom stereocenters. The molecule has 1 fully saturated rings. The topological polar surface area (TPSA) is 75.1 Å². The lowest BCUT2D eigenvalue weighted by molar-refractivity contribution is 0.0690. The van der Waals surface area contributed by atoms with E-state index in [1.165, 1.54) is 0 Å². The Morgan fingerprint density at radius 2 is 2.20 bits per heavy atom. The van der Waals surface area contributed by atoms with Crippen LogP contribution in [0.25, 0.3) is 0 Å². The highest BCUT2D eigenvalue weighted by molar-refractivity contribution is 6.35. The average Bonchev–Trinajstić information content (AvgIpc) is 2.94. The first kappa shape index (κ1) is 10.2. The van der Waals surface area contributed by atoms with Gasteiger partial charge in [-0.05, 0) is 19.8 Å². The molecule has 0 aliphatic heterocycles. The number of hydrogen-bond acceptors (Lipinski definition) is 4. The van der Waals surface area contributed by atoms with Crippen molar-refractivity contribution in [2.75, 3.05) is 5.32 Å². The van der Waals surface area contributed by atoms with E-state index in [9.17, 15) is 4.79 Å². The summed E-state index contributed by atoms with van der Waals surface area (Å²) in [6.07, 6.45) is 2.14. The molecule has 0 atom stereocenters. The number of hydrogen-bond donors (Lipinski definition) is 2. The first-order valence-electron chi connectivity index (χ1n) is 4.62. The van der Waals surface area contributed by atoms with E-state index in [1.807, 2.05) is 0 Å². The molecule has 1 aromatic rings. The number of rotatable bonds is 3. The summed E-state index contributed by atoms with van der Waals surface area (Å²) in [6.45, 7) is 1.64. The second-order valence-electron chi connectivity index (χ2n) is 3.51. The lowest BCUT2D eigenvalue weighted by Crippen LogP contribution is -2.11. The third-order valence-electron chi connectivity index (χ3n) is 2.08. The van der Waals surface area contributed by atoms with Gasteiger partial charge in [0.1, 0.15) is 16.7 Å². The molecule has 15 heavy (non-hydrogen) atoms. The largest absolute Gasteiger partial charge is 0.476 e. The van der Waals surface area contributed by atoms with Crippen LogP contribution in [0.1, 0.15) is 29.2 Å². The minimum absolute atomic E-state index is 0.0833. The number of halogens is 1. The highest BCUT2D eigenvalue weighted by Gasteiger charge is 2.24. The monoisotopic (exact) mass is 227 g/mol. The van der Waals surface area contributed by atoms with Crippen LogP contribution < -0.4 is 5.32 Å². The van der Waals surface area contributed by atoms with Gasteiger partial charge < -0.3 is 10.4 Å². The van der Waals surface area contributed by atoms with Crippen molar-refractivity contribution in [1.82, 2.24) is 9.97 Å². The van der Waals surface area contributed by atoms with Gasteiger partial charge in [-0.2, -0.15) is 0 Å². The van der Waals surface area contributed by atoms with E-state index < -0.39 is 5.97 Å². The predicted molar refractivity (Wildman–Crippen MR) is 55.4 cm³/mol. The van der Waals surface area contributed by atoms with Crippen LogP contribution >= 0.6 is 11.6 Å². The van der Waals surface area contributed by atoms with Gasteiger partial charge in [0.2, 0.25) is 0 Å². The van der Waals surface area contributed by atoms with Gasteiger partial charge >= 0.3 is 5.97 Å². The van der Waals surface area contributed by atoms with Crippen LogP contribution in [0.15, 0.2) is 0 Å². The minimum atomic E-state index is -1.13. The molecule has 6 heteroatoms. The highest BCUT2D eigenvalue weighted by Crippen LogP contribution is 2.29. The molecular formula is C9H10ClN3O2. The molecule has 80 valence electrons. The smallest absolute Gasteiger partial charge is 0.356 e. The first-order chi connectivity index (χ1) is 7.08. The van der Waals surface area contributed by atoms with Crippen LogP contribution in [-0.4, -0.2) is 27.1 Å². The Bertz CT molecular complexity index is 418. The molecule has 0 saturated heterocycles. The van der Waals surface area contributed by atoms with Crippen molar-refractivity contribution in [3.8, 4) is 0 Å². The summed E-state index contributed by atoms with van der Waals surface area (Å²) in [6, 6.07) is 0.374. The normalized spacial score (nSPS) is 15.1. The molecule has 1 aliphatic rings. The van der Waals surface area contributed by atoms with E-state index in [2.05, 4.69) is 15.3 Å². The number of carboxylic acid groups (broad SMARTS) is 1. The Labute approximate surface area is 91.5 Å². The Kier molecular flexibility index (Phi) is 2.48. The molecule has 1 saturated carbocycles. The Hall–Kier alpha value is -1.36. The number of carbonyl (C=O) groups is 1. The van der Waals surface area contributed by atoms with Gasteiger partial charge in [0.15, 0.2) is 5.69 Å². The number of aromatic nitrogens is 2. The maximum atomic E-state index is 10.8. The zero-order valence-corrected chi connectivity index (χ0v) is 8.88. The van der Waals surface area contributed by atoms with E-state index in [-0.39, 0.29) is 10.7 Å². The summed E-state index contributed by atoms with van der Waals surface area (Å²) in [7, 11) is 0. The SMILES string of the molecule is Cc1nc(NC2CC2)c(Cl)c(C(=O)O)n1. The van der Waals surface area contributed by atoms with Gasteiger partial charge in [0.25, 0.3) is 0 Å². The Morgan fingerprint density at radius 1 is 1.53 bits per heavy atom. The molecule has 0 bridgehead atoms. The summed E-state index contributed by atoms with van der Waals surface area (Å²) in [4.78, 5) is 18.7. The maximum absolute atomic E-state index is 10.8. The summed E-state index contributed by atoms with van der Waals surface area (Å²) >= 11 is 5.88. The molecular weight excluding hydrogens is 218 g/mol. The van der Waals surface area contributed by atoms with E-state index in [0.717, 1.165) is 12.8 Å². The van der Waals surface area contributed by atoms with Crippen molar-refractivity contribution in [1.29, 1.82) is 0 Å². The summed E-state index contributed by atoms with van der Waals surface area (Å²) in [5.41, 5.74) is -0.146. The van der Waals surface area contributed by atoms with Gasteiger partial charge in [0, 0.05) is 6.04 Å². The van der Waals surface area contributed by atoms with Gasteiger partial charge in [-0.25, -0.2) is 14.8 Å². The minimum Gasteiger partial charge on any atom is -0.476 e. The molecule has 0 spiro atoms. The summed E-state index contributed by atoms with van der Waals surface area (Å²) in [5, 5.41) is 12.0. The Morgan fingerprint density at radius 3 is 2.73 bits per heavy atom. The van der Waals surface area contributed by atoms with Gasteiger partial charge in [-0.15, -0.1) is 0 Å². The molecule has 1 aromatic heterocycles. The van der Waals surface area contributed by atoms with Gasteiger partial charge in [-0.3, -0.25) is 0 Å². The van der Waals surface area contributed by atoms with Gasteiger partial charge in [-0.1, -0.05) is 11.6 Å². The van der Waals surface area contributed by atoms with Crippen molar-refractivity contribution < 1.29 is 9.90 Å². The third-order valence-corrected chi connectivity index (χ3v) is 2.44. The van der Waals surface area contributed by atoms with E-state index in [4.69, 9.17) is 16.7 Å². The number of anilines is 1. The summed E-state index contributed by atoms with van der Waals surface area (Å²) in [5.74, 6) is -0.312. The quantitative estimate of drug-likeness (QED) is 0.822. The fourth-order valence-corrected chi connectivity index (χ4v) is 1.44. The average molecular weight is 228 g/mol. The van der Waals surface area contributed by atoms with Crippen LogP contribution in [0.2, 0.25) is 5.02 Å². The maximum Gasteiger partial charge on any atom is 0.356 e. The number of aromatic carboxylic acids is 1. The molecule has 1 heterocycles. The summed E-state index contributed by atoms with van der Waals surface area (Å²) < 4.78 is 0. The predicted octanol–water partition coefficient (Wildman–Crippen LogP) is 1.71. The third kappa shape index (κ3) is 2.18. The van der Waals surface area contributed by atoms with Crippen LogP contribution in [0, 0.1) is 6.92 Å². The van der Waals surface area contributed by atoms with E-state index >= 15 is 0 Å². The van der Waals surface area contributed by atoms with E-state index in [0.29, 0.717) is 17.7 Å². The highest BCUT2D eigenvalue weighted by atomic mass is 35.5. The molecule has 5 nitrogen and oxygen atoms in total. The van der Waals surface area contributed by atoms with Crippen LogP contribution in [-0.2, 0) is 0 Å². The number of nitrogens with zero attached hydrogens (tertiary/aromatic N) is 2. The van der Waals surface area contributed by atoms with Crippen LogP contribution in [0.4, 0.5) is 5.82 Å². The number of aryl methyl sites for hydroxylation is 1. The second kappa shape index (κ2) is 3.66. The number of nitrogens with one attached hydrogen (secondary N) is 1. The lowest BCUT2D eigenvalue weighted by Gasteiger charge is -2.08. The second-order valence-corrected chi connectivity index (χ2v) is 3.88. The van der Waals surface area contributed by atoms with Crippen LogP contribution in [0.5, 0.6) is 0 Å². The van der Waals surface area contributed by atoms with Crippen molar-refractivity contribution in [2.24, 2.45) is 0 Å². The molecule has 1 aliphatic carbocycles. The van der Waals surface area contributed by atoms with Crippen molar-refractivity contribution in [3.63, 3.8) is 0 Å². The zero-order valence-electron chi connectivity index (χ0n) is 8.12. The Balaban J connectivity index is 2.39. The lowest BCUT2D eigenvalue weighted by atomic mass is 10.3. The molecule has 0 radical (unpaired) electrons. The van der Waals surface area contributed by atoms with Crippen molar-refractivity contribution in [2.45, 2.75) is 25.8 Å². The molecule has 2 N–H and O–H groups in total. The fourth-order valence-electron chi connectivity index (χ4n) is 1.22. The zero-order chi connectivity index (χ0) is 11.0. The molecule has 0 amide bonds. The molecule has 2 rings (SSSR count). The number of carboxylic acids is 1. The standard InChI is InChI=1S/C9H10ClN3O2/c1-4-11-7(9(14)15)6(10)8(12-4)13-5-2-3-5/h5H,2-3H2,1H3,(H,14,15)(H,11,12,13). The van der Waals surface area contributed by atoms with Crippen molar-refractivity contribution >= 4 is 23.4 Å². The van der Waals surface area contributed by atoms with E-state index in [1.54, 1.807) is 6.92 Å². The fraction of sp³-hybridized carbons (Fsp3) is 0.444. The van der Waals surface area contributed by atoms with Crippen LogP contribution in [0.3, 0.4) is 0 Å².